The van der Waals surface area contributed by atoms with Gasteiger partial charge in [-0.1, -0.05) is 23.7 Å². The number of nitrogens with two attached hydrogens (primary N) is 1. The molecule has 0 radical (unpaired) electrons. The fourth-order valence-electron chi connectivity index (χ4n) is 1.14. The molecule has 0 aliphatic rings. The van der Waals surface area contributed by atoms with Gasteiger partial charge in [-0.25, -0.2) is 9.67 Å². The third-order valence-corrected chi connectivity index (χ3v) is 2.14. The molecule has 14 heavy (non-hydrogen) atoms. The largest absolute Gasteiger partial charge is 0.324 e. The van der Waals surface area contributed by atoms with Crippen LogP contribution in [0.2, 0.25) is 5.02 Å². The van der Waals surface area contributed by atoms with Gasteiger partial charge < -0.3 is 5.73 Å². The molecule has 0 aliphatic heterocycles. The molecule has 2 N–H and O–H groups in total. The van der Waals surface area contributed by atoms with Crippen molar-refractivity contribution in [2.75, 3.05) is 0 Å². The Hall–Kier alpha value is -1.39. The van der Waals surface area contributed by atoms with Gasteiger partial charge in [-0.05, 0) is 12.1 Å². The number of hydrogen-bond donors (Lipinski definition) is 1. The molecule has 2 aromatic rings. The highest BCUT2D eigenvalue weighted by Gasteiger charge is 2.03. The Kier molecular flexibility index (Phi) is 2.47. The molecule has 0 saturated carbocycles. The highest BCUT2D eigenvalue weighted by Crippen LogP contribution is 2.18. The van der Waals surface area contributed by atoms with Gasteiger partial charge in [0.25, 0.3) is 0 Å². The van der Waals surface area contributed by atoms with Crippen LogP contribution in [-0.4, -0.2) is 14.8 Å². The van der Waals surface area contributed by atoms with Gasteiger partial charge in [0.1, 0.15) is 6.33 Å². The first-order chi connectivity index (χ1) is 6.81. The average Bonchev–Trinajstić information content (AvgIpc) is 2.67. The van der Waals surface area contributed by atoms with E-state index in [2.05, 4.69) is 10.1 Å². The van der Waals surface area contributed by atoms with Crippen molar-refractivity contribution in [3.63, 3.8) is 0 Å². The van der Waals surface area contributed by atoms with E-state index in [9.17, 15) is 0 Å². The quantitative estimate of drug-likeness (QED) is 0.811. The molecule has 0 bridgehead atoms. The van der Waals surface area contributed by atoms with E-state index in [4.69, 9.17) is 17.3 Å². The Bertz CT molecular complexity index is 438. The van der Waals surface area contributed by atoms with Gasteiger partial charge in [-0.3, -0.25) is 0 Å². The Balaban J connectivity index is 2.44. The molecule has 1 aromatic heterocycles. The number of nitrogens with zero attached hydrogens (tertiary/aromatic N) is 3. The maximum absolute atomic E-state index is 5.99. The minimum atomic E-state index is 0.331. The second-order valence-corrected chi connectivity index (χ2v) is 3.17. The molecule has 0 spiro atoms. The number of benzene rings is 1. The molecule has 0 atom stereocenters. The van der Waals surface area contributed by atoms with Crippen LogP contribution in [-0.2, 0) is 6.54 Å². The van der Waals surface area contributed by atoms with Crippen molar-refractivity contribution in [1.29, 1.82) is 0 Å². The highest BCUT2D eigenvalue weighted by molar-refractivity contribution is 6.32. The van der Waals surface area contributed by atoms with Gasteiger partial charge >= 0.3 is 0 Å². The first-order valence-corrected chi connectivity index (χ1v) is 4.54. The molecule has 2 rings (SSSR count). The lowest BCUT2D eigenvalue weighted by atomic mass is 10.3. The summed E-state index contributed by atoms with van der Waals surface area (Å²) in [5, 5.41) is 4.80. The zero-order chi connectivity index (χ0) is 9.97. The minimum Gasteiger partial charge on any atom is -0.324 e. The third-order valence-electron chi connectivity index (χ3n) is 1.82. The van der Waals surface area contributed by atoms with Crippen LogP contribution >= 0.6 is 11.6 Å². The van der Waals surface area contributed by atoms with Gasteiger partial charge in [-0.15, -0.1) is 5.10 Å². The van der Waals surface area contributed by atoms with Crippen LogP contribution in [0, 0.1) is 0 Å². The van der Waals surface area contributed by atoms with E-state index < -0.39 is 0 Å². The third kappa shape index (κ3) is 1.62. The Morgan fingerprint density at radius 2 is 2.14 bits per heavy atom. The van der Waals surface area contributed by atoms with Crippen molar-refractivity contribution >= 4 is 11.6 Å². The van der Waals surface area contributed by atoms with Crippen LogP contribution < -0.4 is 5.73 Å². The zero-order valence-corrected chi connectivity index (χ0v) is 8.15. The zero-order valence-electron chi connectivity index (χ0n) is 7.39. The van der Waals surface area contributed by atoms with E-state index >= 15 is 0 Å². The molecule has 0 unspecified atom stereocenters. The summed E-state index contributed by atoms with van der Waals surface area (Å²) in [5.74, 6) is 0.602. The molecule has 0 fully saturated rings. The SMILES string of the molecule is NCc1ncn(-c2ccccc2Cl)n1. The Morgan fingerprint density at radius 1 is 1.36 bits per heavy atom. The lowest BCUT2D eigenvalue weighted by Crippen LogP contribution is -2.01. The summed E-state index contributed by atoms with van der Waals surface area (Å²) in [6.07, 6.45) is 1.60. The van der Waals surface area contributed by atoms with Gasteiger partial charge in [-0.2, -0.15) is 0 Å². The lowest BCUT2D eigenvalue weighted by Gasteiger charge is -2.01. The number of hydrogen-bond acceptors (Lipinski definition) is 3. The molecule has 5 heteroatoms. The summed E-state index contributed by atoms with van der Waals surface area (Å²) in [7, 11) is 0. The van der Waals surface area contributed by atoms with Gasteiger partial charge in [0.05, 0.1) is 17.3 Å². The van der Waals surface area contributed by atoms with E-state index in [1.807, 2.05) is 18.2 Å². The van der Waals surface area contributed by atoms with Crippen molar-refractivity contribution in [2.24, 2.45) is 5.73 Å². The van der Waals surface area contributed by atoms with Crippen LogP contribution in [0.5, 0.6) is 0 Å². The number of aromatic nitrogens is 3. The van der Waals surface area contributed by atoms with Crippen LogP contribution in [0.4, 0.5) is 0 Å². The van der Waals surface area contributed by atoms with Crippen molar-refractivity contribution in [3.8, 4) is 5.69 Å². The molecule has 1 heterocycles. The van der Waals surface area contributed by atoms with Crippen molar-refractivity contribution in [1.82, 2.24) is 14.8 Å². The monoisotopic (exact) mass is 208 g/mol. The second kappa shape index (κ2) is 3.77. The van der Waals surface area contributed by atoms with E-state index in [-0.39, 0.29) is 0 Å². The smallest absolute Gasteiger partial charge is 0.164 e. The first kappa shape index (κ1) is 9.18. The van der Waals surface area contributed by atoms with Gasteiger partial charge in [0.15, 0.2) is 5.82 Å². The minimum absolute atomic E-state index is 0.331. The summed E-state index contributed by atoms with van der Waals surface area (Å²) in [6.45, 7) is 0.331. The summed E-state index contributed by atoms with van der Waals surface area (Å²) in [5.41, 5.74) is 6.21. The molecule has 0 saturated heterocycles. The molecule has 1 aromatic carbocycles. The summed E-state index contributed by atoms with van der Waals surface area (Å²) in [4.78, 5) is 4.02. The van der Waals surface area contributed by atoms with Crippen molar-refractivity contribution in [3.05, 3.63) is 41.4 Å². The summed E-state index contributed by atoms with van der Waals surface area (Å²) < 4.78 is 1.62. The van der Waals surface area contributed by atoms with Crippen molar-refractivity contribution < 1.29 is 0 Å². The molecular formula is C9H9ClN4. The standard InChI is InChI=1S/C9H9ClN4/c10-7-3-1-2-4-8(7)14-6-12-9(5-11)13-14/h1-4,6H,5,11H2. The van der Waals surface area contributed by atoms with Crippen LogP contribution in [0.15, 0.2) is 30.6 Å². The number of para-hydroxylation sites is 1. The Labute approximate surface area is 86.3 Å². The van der Waals surface area contributed by atoms with Crippen LogP contribution in [0.3, 0.4) is 0 Å². The number of halogens is 1. The summed E-state index contributed by atoms with van der Waals surface area (Å²) in [6, 6.07) is 7.44. The highest BCUT2D eigenvalue weighted by atomic mass is 35.5. The van der Waals surface area contributed by atoms with Crippen LogP contribution in [0.1, 0.15) is 5.82 Å². The van der Waals surface area contributed by atoms with Gasteiger partial charge in [0, 0.05) is 0 Å². The van der Waals surface area contributed by atoms with E-state index in [0.29, 0.717) is 17.4 Å². The fraction of sp³-hybridized carbons (Fsp3) is 0.111. The van der Waals surface area contributed by atoms with E-state index in [1.54, 1.807) is 17.1 Å². The molecule has 72 valence electrons. The first-order valence-electron chi connectivity index (χ1n) is 4.17. The Morgan fingerprint density at radius 3 is 2.79 bits per heavy atom. The lowest BCUT2D eigenvalue weighted by molar-refractivity contribution is 0.830. The normalized spacial score (nSPS) is 10.4. The summed E-state index contributed by atoms with van der Waals surface area (Å²) >= 11 is 5.99. The fourth-order valence-corrected chi connectivity index (χ4v) is 1.37. The number of rotatable bonds is 2. The van der Waals surface area contributed by atoms with E-state index in [0.717, 1.165) is 5.69 Å². The predicted molar refractivity (Wildman–Crippen MR) is 54.3 cm³/mol. The molecule has 0 aliphatic carbocycles. The predicted octanol–water partition coefficient (Wildman–Crippen LogP) is 1.38. The maximum Gasteiger partial charge on any atom is 0.164 e. The molecule has 0 amide bonds. The molecule has 4 nitrogen and oxygen atoms in total. The van der Waals surface area contributed by atoms with Crippen molar-refractivity contribution in [2.45, 2.75) is 6.54 Å². The van der Waals surface area contributed by atoms with E-state index in [1.165, 1.54) is 0 Å². The van der Waals surface area contributed by atoms with Crippen LogP contribution in [0.25, 0.3) is 5.69 Å². The molecular weight excluding hydrogens is 200 g/mol. The average molecular weight is 209 g/mol. The second-order valence-electron chi connectivity index (χ2n) is 2.76. The van der Waals surface area contributed by atoms with Gasteiger partial charge in [0.2, 0.25) is 0 Å². The maximum atomic E-state index is 5.99. The topological polar surface area (TPSA) is 56.7 Å².